The number of hydrogen-bond acceptors (Lipinski definition) is 6. The van der Waals surface area contributed by atoms with Crippen LogP contribution in [0.5, 0.6) is 0 Å². The number of nitrogens with zero attached hydrogens (tertiary/aromatic N) is 2. The Kier molecular flexibility index (Phi) is 3.94. The summed E-state index contributed by atoms with van der Waals surface area (Å²) in [5, 5.41) is 2.72. The second-order valence-electron chi connectivity index (χ2n) is 7.44. The van der Waals surface area contributed by atoms with Crippen molar-refractivity contribution in [3.63, 3.8) is 0 Å². The van der Waals surface area contributed by atoms with Crippen LogP contribution in [0.4, 0.5) is 10.1 Å². The van der Waals surface area contributed by atoms with Gasteiger partial charge in [0, 0.05) is 24.6 Å². The first-order valence-electron chi connectivity index (χ1n) is 8.87. The number of anilines is 1. The molecule has 0 unspecified atom stereocenters. The second-order valence-corrected chi connectivity index (χ2v) is 7.44. The number of carbonyl (C=O) groups is 1. The van der Waals surface area contributed by atoms with Gasteiger partial charge in [-0.1, -0.05) is 0 Å². The van der Waals surface area contributed by atoms with E-state index >= 15 is 0 Å². The number of aromatic nitrogens is 1. The van der Waals surface area contributed by atoms with Gasteiger partial charge < -0.3 is 20.2 Å². The van der Waals surface area contributed by atoms with Crippen molar-refractivity contribution in [3.8, 4) is 0 Å². The number of amides is 1. The number of ether oxygens (including phenoxy) is 1. The maximum absolute atomic E-state index is 14.7. The highest BCUT2D eigenvalue weighted by atomic mass is 19.1. The highest BCUT2D eigenvalue weighted by molar-refractivity contribution is 6.02. The summed E-state index contributed by atoms with van der Waals surface area (Å²) in [7, 11) is 0. The molecule has 1 spiro atoms. The van der Waals surface area contributed by atoms with Crippen molar-refractivity contribution in [3.05, 3.63) is 47.4 Å². The van der Waals surface area contributed by atoms with E-state index in [4.69, 9.17) is 14.9 Å². The van der Waals surface area contributed by atoms with Crippen molar-refractivity contribution in [1.82, 2.24) is 4.98 Å². The Balaban J connectivity index is 1.64. The first-order valence-corrected chi connectivity index (χ1v) is 8.87. The molecule has 8 heteroatoms. The monoisotopic (exact) mass is 372 g/mol. The Morgan fingerprint density at radius 3 is 2.78 bits per heavy atom. The fourth-order valence-electron chi connectivity index (χ4n) is 3.87. The minimum Gasteiger partial charge on any atom is -0.459 e. The minimum absolute atomic E-state index is 0.0790. The van der Waals surface area contributed by atoms with Crippen LogP contribution in [0.2, 0.25) is 0 Å². The van der Waals surface area contributed by atoms with Gasteiger partial charge in [-0.15, -0.1) is 0 Å². The van der Waals surface area contributed by atoms with Crippen molar-refractivity contribution in [2.24, 2.45) is 10.7 Å². The van der Waals surface area contributed by atoms with Gasteiger partial charge in [-0.3, -0.25) is 4.79 Å². The van der Waals surface area contributed by atoms with Gasteiger partial charge in [-0.05, 0) is 44.4 Å². The molecule has 2 heterocycles. The molecule has 1 aromatic carbocycles. The molecule has 0 saturated heterocycles. The molecule has 0 radical (unpaired) electrons. The third kappa shape index (κ3) is 3.15. The first kappa shape index (κ1) is 17.5. The van der Waals surface area contributed by atoms with Crippen molar-refractivity contribution in [2.75, 3.05) is 5.32 Å². The van der Waals surface area contributed by atoms with Crippen LogP contribution in [0.3, 0.4) is 0 Å². The van der Waals surface area contributed by atoms with E-state index < -0.39 is 17.3 Å². The molecule has 4 rings (SSSR count). The number of hydrogen-bond donors (Lipinski definition) is 2. The van der Waals surface area contributed by atoms with Crippen LogP contribution >= 0.6 is 0 Å². The lowest BCUT2D eigenvalue weighted by Gasteiger charge is -2.48. The molecule has 1 amide bonds. The number of nitrogens with one attached hydrogen (secondary N) is 1. The number of benzene rings is 1. The molecule has 1 saturated carbocycles. The van der Waals surface area contributed by atoms with Crippen LogP contribution in [-0.2, 0) is 10.3 Å². The van der Waals surface area contributed by atoms with Crippen molar-refractivity contribution < 1.29 is 18.3 Å². The zero-order valence-corrected chi connectivity index (χ0v) is 15.2. The van der Waals surface area contributed by atoms with Gasteiger partial charge in [0.2, 0.25) is 0 Å². The number of carbonyl (C=O) groups excluding carboxylic acids is 1. The highest BCUT2D eigenvalue weighted by Crippen LogP contribution is 2.49. The van der Waals surface area contributed by atoms with E-state index in [0.717, 1.165) is 19.3 Å². The molecule has 1 aliphatic heterocycles. The third-order valence-corrected chi connectivity index (χ3v) is 5.27. The van der Waals surface area contributed by atoms with Crippen LogP contribution in [0.25, 0.3) is 0 Å². The second kappa shape index (κ2) is 6.07. The quantitative estimate of drug-likeness (QED) is 0.861. The van der Waals surface area contributed by atoms with E-state index in [0.29, 0.717) is 23.6 Å². The number of oxazole rings is 1. The molecule has 0 bridgehead atoms. The Hall–Kier alpha value is -2.90. The summed E-state index contributed by atoms with van der Waals surface area (Å²) >= 11 is 0. The van der Waals surface area contributed by atoms with Gasteiger partial charge in [0.15, 0.2) is 11.6 Å². The molecule has 1 aliphatic carbocycles. The van der Waals surface area contributed by atoms with E-state index in [9.17, 15) is 9.18 Å². The normalized spacial score (nSPS) is 23.3. The van der Waals surface area contributed by atoms with E-state index in [-0.39, 0.29) is 17.3 Å². The summed E-state index contributed by atoms with van der Waals surface area (Å²) in [4.78, 5) is 20.7. The van der Waals surface area contributed by atoms with Gasteiger partial charge in [-0.2, -0.15) is 0 Å². The largest absolute Gasteiger partial charge is 0.459 e. The van der Waals surface area contributed by atoms with Crippen LogP contribution in [0, 0.1) is 12.7 Å². The average molecular weight is 372 g/mol. The fourth-order valence-corrected chi connectivity index (χ4v) is 3.87. The van der Waals surface area contributed by atoms with Crippen molar-refractivity contribution in [2.45, 2.75) is 50.7 Å². The Bertz CT molecular complexity index is 935. The standard InChI is InChI=1S/C19H21FN4O3/c1-11-22-15(9-26-11)16(25)23-12-4-5-14(20)13(8-12)18(2)10-19(6-3-7-19)27-17(21)24-18/h4-5,8-9H,3,6-7,10H2,1-2H3,(H2,21,24)(H,23,25)/t18-/m0/s1. The number of amidine groups is 1. The van der Waals surface area contributed by atoms with Gasteiger partial charge in [0.05, 0.1) is 5.54 Å². The average Bonchev–Trinajstić information content (AvgIpc) is 3.01. The van der Waals surface area contributed by atoms with Crippen molar-refractivity contribution >= 4 is 17.6 Å². The van der Waals surface area contributed by atoms with E-state index in [1.807, 2.05) is 6.92 Å². The molecule has 2 aliphatic rings. The van der Waals surface area contributed by atoms with Gasteiger partial charge in [0.25, 0.3) is 11.9 Å². The summed E-state index contributed by atoms with van der Waals surface area (Å²) in [6.45, 7) is 3.49. The lowest BCUT2D eigenvalue weighted by molar-refractivity contribution is -0.0583. The van der Waals surface area contributed by atoms with Gasteiger partial charge >= 0.3 is 0 Å². The predicted octanol–water partition coefficient (Wildman–Crippen LogP) is 3.25. The topological polar surface area (TPSA) is 103 Å². The summed E-state index contributed by atoms with van der Waals surface area (Å²) in [6.07, 6.45) is 4.63. The molecular weight excluding hydrogens is 351 g/mol. The number of rotatable bonds is 3. The maximum atomic E-state index is 14.7. The highest BCUT2D eigenvalue weighted by Gasteiger charge is 2.50. The predicted molar refractivity (Wildman–Crippen MR) is 96.9 cm³/mol. The molecular formula is C19H21FN4O3. The molecule has 1 fully saturated rings. The maximum Gasteiger partial charge on any atom is 0.283 e. The third-order valence-electron chi connectivity index (χ3n) is 5.27. The smallest absolute Gasteiger partial charge is 0.283 e. The zero-order valence-electron chi connectivity index (χ0n) is 15.2. The van der Waals surface area contributed by atoms with Gasteiger partial charge in [0.1, 0.15) is 17.7 Å². The Morgan fingerprint density at radius 2 is 2.15 bits per heavy atom. The Morgan fingerprint density at radius 1 is 1.37 bits per heavy atom. The molecule has 3 N–H and O–H groups in total. The lowest BCUT2D eigenvalue weighted by atomic mass is 9.69. The zero-order chi connectivity index (χ0) is 19.2. The summed E-state index contributed by atoms with van der Waals surface area (Å²) in [6, 6.07) is 4.49. The molecule has 27 heavy (non-hydrogen) atoms. The lowest BCUT2D eigenvalue weighted by Crippen LogP contribution is -2.52. The Labute approximate surface area is 155 Å². The summed E-state index contributed by atoms with van der Waals surface area (Å²) in [5.41, 5.74) is 5.64. The summed E-state index contributed by atoms with van der Waals surface area (Å²) < 4.78 is 25.5. The van der Waals surface area contributed by atoms with E-state index in [2.05, 4.69) is 15.3 Å². The number of nitrogens with two attached hydrogens (primary N) is 1. The van der Waals surface area contributed by atoms with Crippen LogP contribution < -0.4 is 11.1 Å². The molecule has 1 atom stereocenters. The summed E-state index contributed by atoms with van der Waals surface area (Å²) in [5.74, 6) is -0.439. The molecule has 7 nitrogen and oxygen atoms in total. The minimum atomic E-state index is -0.863. The van der Waals surface area contributed by atoms with E-state index in [1.54, 1.807) is 13.0 Å². The first-order chi connectivity index (χ1) is 12.8. The van der Waals surface area contributed by atoms with Crippen LogP contribution in [0.15, 0.2) is 33.9 Å². The number of halogens is 1. The van der Waals surface area contributed by atoms with Gasteiger partial charge in [-0.25, -0.2) is 14.4 Å². The molecule has 2 aromatic rings. The van der Waals surface area contributed by atoms with E-state index in [1.165, 1.54) is 18.4 Å². The van der Waals surface area contributed by atoms with Crippen LogP contribution in [0.1, 0.15) is 54.5 Å². The van der Waals surface area contributed by atoms with Crippen molar-refractivity contribution in [1.29, 1.82) is 0 Å². The molecule has 1 aromatic heterocycles. The fraction of sp³-hybridized carbons (Fsp3) is 0.421. The molecule has 142 valence electrons. The number of aliphatic imine (C=N–C) groups is 1. The number of aryl methyl sites for hydroxylation is 1. The SMILES string of the molecule is Cc1nc(C(=O)Nc2ccc(F)c([C@]3(C)CC4(CCC4)OC(N)=N3)c2)co1. The van der Waals surface area contributed by atoms with Crippen LogP contribution in [-0.4, -0.2) is 22.5 Å².